The molecule has 1 rings (SSSR count). The molecule has 0 amide bonds. The number of aryl methyl sites for hydroxylation is 1. The monoisotopic (exact) mass is 263 g/mol. The molecular formula is C8H10BrNO2S. The van der Waals surface area contributed by atoms with E-state index in [4.69, 9.17) is 10.8 Å². The van der Waals surface area contributed by atoms with Crippen molar-refractivity contribution < 1.29 is 9.90 Å². The van der Waals surface area contributed by atoms with Crippen LogP contribution in [0.2, 0.25) is 0 Å². The van der Waals surface area contributed by atoms with Crippen molar-refractivity contribution in [3.8, 4) is 0 Å². The molecule has 0 aliphatic rings. The van der Waals surface area contributed by atoms with E-state index in [2.05, 4.69) is 15.9 Å². The first-order chi connectivity index (χ1) is 6.02. The zero-order valence-electron chi connectivity index (χ0n) is 7.08. The van der Waals surface area contributed by atoms with Gasteiger partial charge in [-0.1, -0.05) is 0 Å². The molecule has 0 radical (unpaired) electrons. The summed E-state index contributed by atoms with van der Waals surface area (Å²) in [7, 11) is 0. The summed E-state index contributed by atoms with van der Waals surface area (Å²) in [6.07, 6.45) is 0.383. The molecule has 1 aromatic heterocycles. The summed E-state index contributed by atoms with van der Waals surface area (Å²) in [4.78, 5) is 11.5. The number of carboxylic acid groups (broad SMARTS) is 1. The van der Waals surface area contributed by atoms with Crippen molar-refractivity contribution in [3.05, 3.63) is 20.3 Å². The van der Waals surface area contributed by atoms with Gasteiger partial charge in [-0.3, -0.25) is 4.79 Å². The number of rotatable bonds is 3. The Hall–Kier alpha value is -0.390. The third kappa shape index (κ3) is 2.52. The molecule has 3 N–H and O–H groups in total. The van der Waals surface area contributed by atoms with Crippen molar-refractivity contribution in [2.24, 2.45) is 5.73 Å². The van der Waals surface area contributed by atoms with Crippen LogP contribution < -0.4 is 5.73 Å². The summed E-state index contributed by atoms with van der Waals surface area (Å²) in [5, 5.41) is 10.6. The molecule has 0 spiro atoms. The lowest BCUT2D eigenvalue weighted by atomic mass is 10.2. The lowest BCUT2D eigenvalue weighted by Crippen LogP contribution is -2.32. The summed E-state index contributed by atoms with van der Waals surface area (Å²) in [6, 6.07) is -0.811. The van der Waals surface area contributed by atoms with E-state index in [0.717, 1.165) is 14.9 Å². The summed E-state index contributed by atoms with van der Waals surface area (Å²) < 4.78 is 0.981. The highest BCUT2D eigenvalue weighted by Crippen LogP contribution is 2.28. The van der Waals surface area contributed by atoms with Crippen molar-refractivity contribution in [2.75, 3.05) is 0 Å². The number of nitrogens with two attached hydrogens (primary N) is 1. The van der Waals surface area contributed by atoms with Crippen LogP contribution in [0.1, 0.15) is 10.4 Å². The summed E-state index contributed by atoms with van der Waals surface area (Å²) in [5.41, 5.74) is 6.54. The molecule has 0 bridgehead atoms. The topological polar surface area (TPSA) is 63.3 Å². The van der Waals surface area contributed by atoms with Gasteiger partial charge in [0.15, 0.2) is 0 Å². The molecule has 5 heteroatoms. The van der Waals surface area contributed by atoms with Gasteiger partial charge in [0, 0.05) is 15.8 Å². The highest BCUT2D eigenvalue weighted by Gasteiger charge is 2.15. The van der Waals surface area contributed by atoms with Gasteiger partial charge in [0.25, 0.3) is 0 Å². The second-order valence-corrected chi connectivity index (χ2v) is 4.56. The second kappa shape index (κ2) is 4.21. The van der Waals surface area contributed by atoms with Gasteiger partial charge in [0.05, 0.1) is 0 Å². The summed E-state index contributed by atoms with van der Waals surface area (Å²) >= 11 is 4.92. The van der Waals surface area contributed by atoms with Crippen LogP contribution in [-0.4, -0.2) is 17.1 Å². The van der Waals surface area contributed by atoms with Crippen LogP contribution in [0.25, 0.3) is 0 Å². The number of hydrogen-bond acceptors (Lipinski definition) is 3. The maximum Gasteiger partial charge on any atom is 0.320 e. The molecular weight excluding hydrogens is 254 g/mol. The van der Waals surface area contributed by atoms with Gasteiger partial charge in [0.1, 0.15) is 6.04 Å². The molecule has 0 aliphatic heterocycles. The fraction of sp³-hybridized carbons (Fsp3) is 0.375. The SMILES string of the molecule is Cc1csc(CC(N)C(=O)O)c1Br. The van der Waals surface area contributed by atoms with E-state index in [-0.39, 0.29) is 0 Å². The maximum atomic E-state index is 10.5. The third-order valence-corrected chi connectivity index (χ3v) is 4.18. The van der Waals surface area contributed by atoms with Gasteiger partial charge in [-0.15, -0.1) is 11.3 Å². The number of halogens is 1. The minimum absolute atomic E-state index is 0.383. The molecule has 72 valence electrons. The Balaban J connectivity index is 2.74. The molecule has 1 heterocycles. The average molecular weight is 264 g/mol. The first-order valence-corrected chi connectivity index (χ1v) is 5.40. The Morgan fingerprint density at radius 3 is 2.85 bits per heavy atom. The highest BCUT2D eigenvalue weighted by molar-refractivity contribution is 9.10. The number of carbonyl (C=O) groups is 1. The fourth-order valence-electron chi connectivity index (χ4n) is 0.908. The highest BCUT2D eigenvalue weighted by atomic mass is 79.9. The Labute approximate surface area is 88.7 Å². The van der Waals surface area contributed by atoms with Gasteiger partial charge in [-0.25, -0.2) is 0 Å². The lowest BCUT2D eigenvalue weighted by molar-refractivity contribution is -0.138. The van der Waals surface area contributed by atoms with Crippen LogP contribution in [0.5, 0.6) is 0 Å². The summed E-state index contributed by atoms with van der Waals surface area (Å²) in [5.74, 6) is -0.960. The molecule has 1 atom stereocenters. The largest absolute Gasteiger partial charge is 0.480 e. The van der Waals surface area contributed by atoms with Crippen LogP contribution >= 0.6 is 27.3 Å². The summed E-state index contributed by atoms with van der Waals surface area (Å²) in [6.45, 7) is 1.97. The van der Waals surface area contributed by atoms with Crippen molar-refractivity contribution in [1.29, 1.82) is 0 Å². The lowest BCUT2D eigenvalue weighted by Gasteiger charge is -2.04. The molecule has 1 aromatic rings. The number of thiophene rings is 1. The van der Waals surface area contributed by atoms with Crippen molar-refractivity contribution in [1.82, 2.24) is 0 Å². The molecule has 0 aromatic carbocycles. The predicted octanol–water partition coefficient (Wildman–Crippen LogP) is 1.77. The van der Waals surface area contributed by atoms with E-state index in [9.17, 15) is 4.79 Å². The minimum atomic E-state index is -0.960. The average Bonchev–Trinajstić information content (AvgIpc) is 2.36. The van der Waals surface area contributed by atoms with Crippen molar-refractivity contribution in [2.45, 2.75) is 19.4 Å². The molecule has 3 nitrogen and oxygen atoms in total. The van der Waals surface area contributed by atoms with Gasteiger partial charge >= 0.3 is 5.97 Å². The van der Waals surface area contributed by atoms with Gasteiger partial charge in [-0.2, -0.15) is 0 Å². The number of hydrogen-bond donors (Lipinski definition) is 2. The van der Waals surface area contributed by atoms with Crippen molar-refractivity contribution >= 4 is 33.2 Å². The number of carboxylic acids is 1. The van der Waals surface area contributed by atoms with Crippen LogP contribution in [-0.2, 0) is 11.2 Å². The molecule has 0 fully saturated rings. The quantitative estimate of drug-likeness (QED) is 0.874. The van der Waals surface area contributed by atoms with Crippen LogP contribution in [0, 0.1) is 6.92 Å². The standard InChI is InChI=1S/C8H10BrNO2S/c1-4-3-13-6(7(4)9)2-5(10)8(11)12/h3,5H,2,10H2,1H3,(H,11,12). The van der Waals surface area contributed by atoms with Crippen molar-refractivity contribution in [3.63, 3.8) is 0 Å². The molecule has 0 saturated heterocycles. The van der Waals surface area contributed by atoms with E-state index in [1.54, 1.807) is 0 Å². The van der Waals surface area contributed by atoms with Crippen LogP contribution in [0.3, 0.4) is 0 Å². The Morgan fingerprint density at radius 1 is 1.85 bits per heavy atom. The Kier molecular flexibility index (Phi) is 3.47. The van der Waals surface area contributed by atoms with E-state index in [0.29, 0.717) is 6.42 Å². The van der Waals surface area contributed by atoms with Crippen LogP contribution in [0.15, 0.2) is 9.85 Å². The zero-order valence-corrected chi connectivity index (χ0v) is 9.48. The van der Waals surface area contributed by atoms with Gasteiger partial charge in [0.2, 0.25) is 0 Å². The first kappa shape index (κ1) is 10.7. The molecule has 13 heavy (non-hydrogen) atoms. The van der Waals surface area contributed by atoms with E-state index < -0.39 is 12.0 Å². The predicted molar refractivity (Wildman–Crippen MR) is 56.1 cm³/mol. The van der Waals surface area contributed by atoms with E-state index >= 15 is 0 Å². The number of aliphatic carboxylic acids is 1. The Bertz CT molecular complexity index is 324. The molecule has 1 unspecified atom stereocenters. The second-order valence-electron chi connectivity index (χ2n) is 2.80. The smallest absolute Gasteiger partial charge is 0.320 e. The van der Waals surface area contributed by atoms with E-state index in [1.807, 2.05) is 12.3 Å². The first-order valence-electron chi connectivity index (χ1n) is 3.73. The minimum Gasteiger partial charge on any atom is -0.480 e. The fourth-order valence-corrected chi connectivity index (χ4v) is 2.59. The third-order valence-electron chi connectivity index (χ3n) is 1.69. The molecule has 0 aliphatic carbocycles. The van der Waals surface area contributed by atoms with E-state index in [1.165, 1.54) is 11.3 Å². The molecule has 0 saturated carbocycles. The normalized spacial score (nSPS) is 12.8. The Morgan fingerprint density at radius 2 is 2.46 bits per heavy atom. The van der Waals surface area contributed by atoms with Crippen LogP contribution in [0.4, 0.5) is 0 Å². The van der Waals surface area contributed by atoms with Gasteiger partial charge < -0.3 is 10.8 Å². The van der Waals surface area contributed by atoms with Gasteiger partial charge in [-0.05, 0) is 33.8 Å². The maximum absolute atomic E-state index is 10.5. The zero-order chi connectivity index (χ0) is 10.0.